The van der Waals surface area contributed by atoms with Crippen LogP contribution in [-0.4, -0.2) is 56.7 Å². The smallest absolute Gasteiger partial charge is 0.306 e. The molecule has 0 bridgehead atoms. The molecule has 0 aromatic heterocycles. The first-order valence-electron chi connectivity index (χ1n) is 8.64. The molecule has 0 radical (unpaired) electrons. The maximum absolute atomic E-state index is 11.7. The maximum Gasteiger partial charge on any atom is 0.306 e. The molecule has 0 aromatic rings. The summed E-state index contributed by atoms with van der Waals surface area (Å²) in [5, 5.41) is 0. The molecular weight excluding hydrogens is 364 g/mol. The van der Waals surface area contributed by atoms with Crippen molar-refractivity contribution >= 4 is 37.2 Å². The summed E-state index contributed by atoms with van der Waals surface area (Å²) in [6, 6.07) is 0. The van der Waals surface area contributed by atoms with Crippen LogP contribution in [0.4, 0.5) is 0 Å². The Morgan fingerprint density at radius 2 is 1.48 bits per heavy atom. The second kappa shape index (κ2) is 14.7. The zero-order chi connectivity index (χ0) is 19.1. The zero-order valence-corrected chi connectivity index (χ0v) is 17.3. The lowest BCUT2D eigenvalue weighted by molar-refractivity contribution is -0.177. The van der Waals surface area contributed by atoms with Gasteiger partial charge in [0.2, 0.25) is 0 Å². The van der Waals surface area contributed by atoms with E-state index in [1.165, 1.54) is 0 Å². The topological polar surface area (TPSA) is 71.1 Å². The number of carbonyl (C=O) groups excluding carboxylic acids is 2. The summed E-state index contributed by atoms with van der Waals surface area (Å²) in [5.74, 6) is 0.194. The summed E-state index contributed by atoms with van der Waals surface area (Å²) in [6.45, 7) is 4.49. The summed E-state index contributed by atoms with van der Waals surface area (Å²) >= 11 is 8.05. The Hall–Kier alpha value is -0.440. The van der Waals surface area contributed by atoms with Gasteiger partial charge in [-0.05, 0) is 12.8 Å². The normalized spacial score (nSPS) is 12.7. The van der Waals surface area contributed by atoms with E-state index in [4.69, 9.17) is 18.9 Å². The third-order valence-corrected chi connectivity index (χ3v) is 4.27. The summed E-state index contributed by atoms with van der Waals surface area (Å²) in [6.07, 6.45) is 2.44. The van der Waals surface area contributed by atoms with Crippen LogP contribution < -0.4 is 0 Å². The van der Waals surface area contributed by atoms with Crippen LogP contribution in [0.5, 0.6) is 0 Å². The largest absolute Gasteiger partial charge is 0.465 e. The monoisotopic (exact) mass is 396 g/mol. The van der Waals surface area contributed by atoms with Gasteiger partial charge < -0.3 is 18.9 Å². The van der Waals surface area contributed by atoms with Crippen LogP contribution in [-0.2, 0) is 28.5 Å². The predicted octanol–water partition coefficient (Wildman–Crippen LogP) is 2.90. The van der Waals surface area contributed by atoms with Gasteiger partial charge in [0, 0.05) is 18.6 Å². The fourth-order valence-corrected chi connectivity index (χ4v) is 2.37. The van der Waals surface area contributed by atoms with E-state index in [2.05, 4.69) is 25.3 Å². The number of hydrogen-bond donors (Lipinski definition) is 2. The van der Waals surface area contributed by atoms with Crippen molar-refractivity contribution in [2.45, 2.75) is 52.2 Å². The van der Waals surface area contributed by atoms with Gasteiger partial charge in [-0.25, -0.2) is 0 Å². The summed E-state index contributed by atoms with van der Waals surface area (Å²) in [4.78, 5) is 23.4. The van der Waals surface area contributed by atoms with Crippen molar-refractivity contribution < 1.29 is 28.5 Å². The molecule has 0 rings (SSSR count). The highest BCUT2D eigenvalue weighted by atomic mass is 32.1. The fraction of sp³-hybridized carbons (Fsp3) is 0.882. The predicted molar refractivity (Wildman–Crippen MR) is 103 cm³/mol. The van der Waals surface area contributed by atoms with Gasteiger partial charge in [-0.3, -0.25) is 9.59 Å². The maximum atomic E-state index is 11.7. The zero-order valence-electron chi connectivity index (χ0n) is 15.5. The van der Waals surface area contributed by atoms with Crippen molar-refractivity contribution in [3.63, 3.8) is 0 Å². The highest BCUT2D eigenvalue weighted by Crippen LogP contribution is 2.26. The third-order valence-electron chi connectivity index (χ3n) is 3.82. The van der Waals surface area contributed by atoms with Crippen molar-refractivity contribution in [1.29, 1.82) is 0 Å². The Kier molecular flexibility index (Phi) is 14.4. The number of thiol groups is 2. The van der Waals surface area contributed by atoms with Crippen molar-refractivity contribution in [1.82, 2.24) is 0 Å². The van der Waals surface area contributed by atoms with Gasteiger partial charge in [0.1, 0.15) is 13.2 Å². The van der Waals surface area contributed by atoms with Crippen LogP contribution in [0, 0.1) is 5.41 Å². The van der Waals surface area contributed by atoms with E-state index in [9.17, 15) is 9.59 Å². The quantitative estimate of drug-likeness (QED) is 0.252. The number of rotatable bonds is 15. The lowest BCUT2D eigenvalue weighted by atomic mass is 9.88. The van der Waals surface area contributed by atoms with E-state index >= 15 is 0 Å². The van der Waals surface area contributed by atoms with Gasteiger partial charge in [-0.15, -0.1) is 0 Å². The Labute approximate surface area is 162 Å². The molecule has 0 N–H and O–H groups in total. The summed E-state index contributed by atoms with van der Waals surface area (Å²) in [7, 11) is 1.59. The second-order valence-corrected chi connectivity index (χ2v) is 6.78. The molecule has 0 heterocycles. The minimum atomic E-state index is -0.608. The Balaban J connectivity index is 4.88. The standard InChI is InChI=1S/C17H32O6S2/c1-4-6-16(20-3)23-13-17(5-2,11-21-14(18)7-9-24)12-22-15(19)8-10-25/h16,24-25H,4-13H2,1-3H3. The highest BCUT2D eigenvalue weighted by Gasteiger charge is 2.33. The average molecular weight is 397 g/mol. The third kappa shape index (κ3) is 11.0. The Morgan fingerprint density at radius 1 is 0.960 bits per heavy atom. The molecule has 1 unspecified atom stereocenters. The number of ether oxygens (including phenoxy) is 4. The first-order chi connectivity index (χ1) is 12.0. The molecule has 0 fully saturated rings. The lowest BCUT2D eigenvalue weighted by Crippen LogP contribution is -2.40. The van der Waals surface area contributed by atoms with E-state index in [1.54, 1.807) is 7.11 Å². The molecule has 0 saturated heterocycles. The van der Waals surface area contributed by atoms with Gasteiger partial charge >= 0.3 is 11.9 Å². The molecule has 0 aromatic carbocycles. The van der Waals surface area contributed by atoms with Gasteiger partial charge in [0.15, 0.2) is 6.29 Å². The Bertz CT molecular complexity index is 356. The van der Waals surface area contributed by atoms with Crippen molar-refractivity contribution in [3.05, 3.63) is 0 Å². The van der Waals surface area contributed by atoms with Gasteiger partial charge in [0.25, 0.3) is 0 Å². The van der Waals surface area contributed by atoms with Gasteiger partial charge in [-0.1, -0.05) is 20.3 Å². The minimum absolute atomic E-state index is 0.118. The minimum Gasteiger partial charge on any atom is -0.465 e. The molecule has 6 nitrogen and oxygen atoms in total. The molecule has 1 atom stereocenters. The second-order valence-electron chi connectivity index (χ2n) is 5.89. The number of esters is 2. The van der Waals surface area contributed by atoms with E-state index < -0.39 is 5.41 Å². The van der Waals surface area contributed by atoms with E-state index in [-0.39, 0.29) is 50.9 Å². The molecule has 0 spiro atoms. The molecule has 0 aliphatic heterocycles. The Morgan fingerprint density at radius 3 is 1.84 bits per heavy atom. The number of carbonyl (C=O) groups is 2. The van der Waals surface area contributed by atoms with Gasteiger partial charge in [-0.2, -0.15) is 25.3 Å². The van der Waals surface area contributed by atoms with E-state index in [0.29, 0.717) is 17.9 Å². The van der Waals surface area contributed by atoms with Crippen LogP contribution in [0.1, 0.15) is 46.0 Å². The fourth-order valence-electron chi connectivity index (χ4n) is 2.00. The number of hydrogen-bond acceptors (Lipinski definition) is 8. The lowest BCUT2D eigenvalue weighted by Gasteiger charge is -2.32. The highest BCUT2D eigenvalue weighted by molar-refractivity contribution is 7.80. The van der Waals surface area contributed by atoms with Crippen LogP contribution >= 0.6 is 25.3 Å². The molecule has 25 heavy (non-hydrogen) atoms. The molecule has 8 heteroatoms. The molecular formula is C17H32O6S2. The molecule has 0 aliphatic carbocycles. The van der Waals surface area contributed by atoms with Crippen molar-refractivity contribution in [2.75, 3.05) is 38.4 Å². The summed E-state index contributed by atoms with van der Waals surface area (Å²) < 4.78 is 21.8. The van der Waals surface area contributed by atoms with Crippen LogP contribution in [0.15, 0.2) is 0 Å². The van der Waals surface area contributed by atoms with Crippen molar-refractivity contribution in [2.24, 2.45) is 5.41 Å². The first kappa shape index (κ1) is 24.6. The molecule has 148 valence electrons. The van der Waals surface area contributed by atoms with Crippen molar-refractivity contribution in [3.8, 4) is 0 Å². The molecule has 0 saturated carbocycles. The first-order valence-corrected chi connectivity index (χ1v) is 9.90. The van der Waals surface area contributed by atoms with E-state index in [0.717, 1.165) is 12.8 Å². The van der Waals surface area contributed by atoms with E-state index in [1.807, 2.05) is 13.8 Å². The van der Waals surface area contributed by atoms with Gasteiger partial charge in [0.05, 0.1) is 24.9 Å². The van der Waals surface area contributed by atoms with Crippen LogP contribution in [0.3, 0.4) is 0 Å². The average Bonchev–Trinajstić information content (AvgIpc) is 2.61. The summed E-state index contributed by atoms with van der Waals surface area (Å²) in [5.41, 5.74) is -0.608. The van der Waals surface area contributed by atoms with Crippen LogP contribution in [0.25, 0.3) is 0 Å². The SMILES string of the molecule is CCCC(OC)OCC(CC)(COC(=O)CCS)COC(=O)CCS. The number of methoxy groups -OCH3 is 1. The molecule has 0 aliphatic rings. The van der Waals surface area contributed by atoms with Crippen LogP contribution in [0.2, 0.25) is 0 Å². The molecule has 0 amide bonds.